The van der Waals surface area contributed by atoms with Crippen LogP contribution in [0, 0.1) is 0 Å². The summed E-state index contributed by atoms with van der Waals surface area (Å²) in [6.45, 7) is 5.75. The van der Waals surface area contributed by atoms with Crippen LogP contribution >= 0.6 is 0 Å². The molecule has 0 radical (unpaired) electrons. The summed E-state index contributed by atoms with van der Waals surface area (Å²) in [5.41, 5.74) is 5.87. The van der Waals surface area contributed by atoms with Crippen molar-refractivity contribution in [2.75, 3.05) is 33.2 Å². The lowest BCUT2D eigenvalue weighted by molar-refractivity contribution is -0.123. The molecule has 5 heteroatoms. The van der Waals surface area contributed by atoms with Crippen molar-refractivity contribution < 1.29 is 4.79 Å². The average Bonchev–Trinajstić information content (AvgIpc) is 2.37. The van der Waals surface area contributed by atoms with Crippen molar-refractivity contribution in [3.63, 3.8) is 0 Å². The van der Waals surface area contributed by atoms with Crippen LogP contribution < -0.4 is 11.1 Å². The number of piperidine rings is 2. The third-order valence-electron chi connectivity index (χ3n) is 4.57. The first kappa shape index (κ1) is 14.8. The smallest absolute Gasteiger partial charge is 0.234 e. The van der Waals surface area contributed by atoms with Gasteiger partial charge in [0.2, 0.25) is 5.91 Å². The molecule has 19 heavy (non-hydrogen) atoms. The van der Waals surface area contributed by atoms with Crippen LogP contribution in [0.3, 0.4) is 0 Å². The Morgan fingerprint density at radius 1 is 1.26 bits per heavy atom. The first-order valence-corrected chi connectivity index (χ1v) is 7.52. The van der Waals surface area contributed by atoms with E-state index in [1.54, 1.807) is 0 Å². The van der Waals surface area contributed by atoms with E-state index in [2.05, 4.69) is 29.1 Å². The van der Waals surface area contributed by atoms with Gasteiger partial charge in [-0.15, -0.1) is 0 Å². The SMILES string of the molecule is CC1CC(NC(=O)CN2CCC(N)CC2)CCN1C. The Bertz CT molecular complexity index is 302. The highest BCUT2D eigenvalue weighted by Gasteiger charge is 2.25. The minimum absolute atomic E-state index is 0.178. The summed E-state index contributed by atoms with van der Waals surface area (Å²) in [5, 5.41) is 3.19. The summed E-state index contributed by atoms with van der Waals surface area (Å²) in [6, 6.07) is 1.24. The lowest BCUT2D eigenvalue weighted by Crippen LogP contribution is -2.50. The first-order valence-electron chi connectivity index (χ1n) is 7.52. The molecule has 0 saturated carbocycles. The zero-order valence-corrected chi connectivity index (χ0v) is 12.3. The maximum Gasteiger partial charge on any atom is 0.234 e. The van der Waals surface area contributed by atoms with E-state index in [0.717, 1.165) is 45.3 Å². The molecule has 3 N–H and O–H groups in total. The predicted octanol–water partition coefficient (Wildman–Crippen LogP) is 0.00840. The maximum atomic E-state index is 12.1. The van der Waals surface area contributed by atoms with Crippen molar-refractivity contribution in [1.29, 1.82) is 0 Å². The highest BCUT2D eigenvalue weighted by atomic mass is 16.2. The molecule has 2 rings (SSSR count). The Kier molecular flexibility index (Phi) is 5.19. The van der Waals surface area contributed by atoms with Gasteiger partial charge in [0.15, 0.2) is 0 Å². The van der Waals surface area contributed by atoms with E-state index in [1.807, 2.05) is 0 Å². The summed E-state index contributed by atoms with van der Waals surface area (Å²) in [6.07, 6.45) is 4.15. The van der Waals surface area contributed by atoms with Gasteiger partial charge in [-0.2, -0.15) is 0 Å². The van der Waals surface area contributed by atoms with Crippen molar-refractivity contribution in [2.24, 2.45) is 5.73 Å². The second-order valence-electron chi connectivity index (χ2n) is 6.23. The molecule has 0 aromatic rings. The van der Waals surface area contributed by atoms with Crippen LogP contribution in [0.4, 0.5) is 0 Å². The number of amides is 1. The zero-order chi connectivity index (χ0) is 13.8. The largest absolute Gasteiger partial charge is 0.352 e. The molecule has 0 aromatic carbocycles. The number of rotatable bonds is 3. The van der Waals surface area contributed by atoms with Gasteiger partial charge in [0.25, 0.3) is 0 Å². The third kappa shape index (κ3) is 4.44. The number of hydrogen-bond donors (Lipinski definition) is 2. The van der Waals surface area contributed by atoms with Crippen LogP contribution in [0.1, 0.15) is 32.6 Å². The molecule has 0 aromatic heterocycles. The molecule has 1 amide bonds. The van der Waals surface area contributed by atoms with Crippen LogP contribution in [-0.2, 0) is 4.79 Å². The number of nitrogens with zero attached hydrogens (tertiary/aromatic N) is 2. The Balaban J connectivity index is 1.69. The van der Waals surface area contributed by atoms with E-state index in [0.29, 0.717) is 24.7 Å². The topological polar surface area (TPSA) is 61.6 Å². The van der Waals surface area contributed by atoms with Crippen LogP contribution in [0.25, 0.3) is 0 Å². The third-order valence-corrected chi connectivity index (χ3v) is 4.57. The van der Waals surface area contributed by atoms with Gasteiger partial charge >= 0.3 is 0 Å². The summed E-state index contributed by atoms with van der Waals surface area (Å²) in [5.74, 6) is 0.178. The first-order chi connectivity index (χ1) is 9.04. The molecule has 2 aliphatic rings. The van der Waals surface area contributed by atoms with Gasteiger partial charge in [-0.05, 0) is 39.7 Å². The van der Waals surface area contributed by atoms with E-state index in [1.165, 1.54) is 0 Å². The predicted molar refractivity (Wildman–Crippen MR) is 76.9 cm³/mol. The number of carbonyl (C=O) groups is 1. The van der Waals surface area contributed by atoms with Gasteiger partial charge in [-0.1, -0.05) is 0 Å². The number of nitrogens with one attached hydrogen (secondary N) is 1. The Morgan fingerprint density at radius 3 is 2.58 bits per heavy atom. The normalized spacial score (nSPS) is 31.3. The molecule has 2 saturated heterocycles. The van der Waals surface area contributed by atoms with E-state index >= 15 is 0 Å². The number of carbonyl (C=O) groups excluding carboxylic acids is 1. The number of nitrogens with two attached hydrogens (primary N) is 1. The standard InChI is InChI=1S/C14H28N4O/c1-11-9-13(5-6-17(11)2)16-14(19)10-18-7-3-12(15)4-8-18/h11-13H,3-10,15H2,1-2H3,(H,16,19). The molecule has 110 valence electrons. The maximum absolute atomic E-state index is 12.1. The van der Waals surface area contributed by atoms with Gasteiger partial charge < -0.3 is 16.0 Å². The van der Waals surface area contributed by atoms with Crippen molar-refractivity contribution in [2.45, 2.75) is 50.7 Å². The molecule has 2 unspecified atom stereocenters. The molecule has 2 atom stereocenters. The molecule has 5 nitrogen and oxygen atoms in total. The molecule has 0 aliphatic carbocycles. The number of likely N-dealkylation sites (tertiary alicyclic amines) is 2. The quantitative estimate of drug-likeness (QED) is 0.757. The van der Waals surface area contributed by atoms with E-state index in [-0.39, 0.29) is 5.91 Å². The van der Waals surface area contributed by atoms with Gasteiger partial charge in [-0.3, -0.25) is 9.69 Å². The Morgan fingerprint density at radius 2 is 1.95 bits per heavy atom. The summed E-state index contributed by atoms with van der Waals surface area (Å²) < 4.78 is 0. The number of hydrogen-bond acceptors (Lipinski definition) is 4. The zero-order valence-electron chi connectivity index (χ0n) is 12.3. The highest BCUT2D eigenvalue weighted by molar-refractivity contribution is 5.78. The second-order valence-corrected chi connectivity index (χ2v) is 6.23. The molecular weight excluding hydrogens is 240 g/mol. The van der Waals surface area contributed by atoms with Crippen LogP contribution in [0.15, 0.2) is 0 Å². The lowest BCUT2D eigenvalue weighted by atomic mass is 9.99. The lowest BCUT2D eigenvalue weighted by Gasteiger charge is -2.36. The van der Waals surface area contributed by atoms with Crippen molar-refractivity contribution in [3.05, 3.63) is 0 Å². The van der Waals surface area contributed by atoms with Crippen LogP contribution in [0.2, 0.25) is 0 Å². The fourth-order valence-electron chi connectivity index (χ4n) is 3.01. The Labute approximate surface area is 116 Å². The summed E-state index contributed by atoms with van der Waals surface area (Å²) >= 11 is 0. The van der Waals surface area contributed by atoms with E-state index in [9.17, 15) is 4.79 Å². The molecule has 2 aliphatic heterocycles. The molecule has 0 bridgehead atoms. The highest BCUT2D eigenvalue weighted by Crippen LogP contribution is 2.15. The summed E-state index contributed by atoms with van der Waals surface area (Å²) in [4.78, 5) is 16.6. The second kappa shape index (κ2) is 6.68. The fourth-order valence-corrected chi connectivity index (χ4v) is 3.01. The Hall–Kier alpha value is -0.650. The molecular formula is C14H28N4O. The van der Waals surface area contributed by atoms with Crippen LogP contribution in [-0.4, -0.2) is 67.1 Å². The summed E-state index contributed by atoms with van der Waals surface area (Å²) in [7, 11) is 2.15. The minimum Gasteiger partial charge on any atom is -0.352 e. The van der Waals surface area contributed by atoms with Gasteiger partial charge in [0.05, 0.1) is 6.54 Å². The molecule has 0 spiro atoms. The van der Waals surface area contributed by atoms with Gasteiger partial charge in [0.1, 0.15) is 0 Å². The molecule has 2 heterocycles. The fraction of sp³-hybridized carbons (Fsp3) is 0.929. The van der Waals surface area contributed by atoms with Crippen LogP contribution in [0.5, 0.6) is 0 Å². The minimum atomic E-state index is 0.178. The van der Waals surface area contributed by atoms with Crippen molar-refractivity contribution in [1.82, 2.24) is 15.1 Å². The van der Waals surface area contributed by atoms with Crippen molar-refractivity contribution in [3.8, 4) is 0 Å². The van der Waals surface area contributed by atoms with E-state index in [4.69, 9.17) is 5.73 Å². The molecule has 2 fully saturated rings. The van der Waals surface area contributed by atoms with Gasteiger partial charge in [-0.25, -0.2) is 0 Å². The monoisotopic (exact) mass is 268 g/mol. The van der Waals surface area contributed by atoms with Crippen molar-refractivity contribution >= 4 is 5.91 Å². The van der Waals surface area contributed by atoms with Gasteiger partial charge in [0, 0.05) is 37.8 Å². The van der Waals surface area contributed by atoms with E-state index < -0.39 is 0 Å². The average molecular weight is 268 g/mol.